The van der Waals surface area contributed by atoms with Crippen molar-refractivity contribution < 1.29 is 9.90 Å². The highest BCUT2D eigenvalue weighted by Gasteiger charge is 2.25. The maximum Gasteiger partial charge on any atom is 0.306 e. The molecule has 1 aliphatic rings. The summed E-state index contributed by atoms with van der Waals surface area (Å²) < 4.78 is 0. The molecule has 19 heavy (non-hydrogen) atoms. The van der Waals surface area contributed by atoms with Crippen molar-refractivity contribution in [3.8, 4) is 0 Å². The Hall–Kier alpha value is -0.530. The van der Waals surface area contributed by atoms with Crippen molar-refractivity contribution in [2.75, 3.05) is 0 Å². The van der Waals surface area contributed by atoms with E-state index in [1.54, 1.807) is 0 Å². The van der Waals surface area contributed by atoms with Gasteiger partial charge in [0.05, 0.1) is 5.92 Å². The van der Waals surface area contributed by atoms with E-state index in [9.17, 15) is 4.79 Å². The first-order chi connectivity index (χ1) is 9.13. The molecule has 0 aromatic rings. The summed E-state index contributed by atoms with van der Waals surface area (Å²) in [4.78, 5) is 10.9. The van der Waals surface area contributed by atoms with Crippen LogP contribution in [0.15, 0.2) is 0 Å². The minimum absolute atomic E-state index is 0.0493. The summed E-state index contributed by atoms with van der Waals surface area (Å²) in [6, 6.07) is 0. The summed E-state index contributed by atoms with van der Waals surface area (Å²) in [7, 11) is 0. The van der Waals surface area contributed by atoms with Gasteiger partial charge < -0.3 is 5.11 Å². The summed E-state index contributed by atoms with van der Waals surface area (Å²) in [5.74, 6) is 1.08. The number of hydrogen-bond acceptors (Lipinski definition) is 1. The van der Waals surface area contributed by atoms with Crippen LogP contribution in [0.2, 0.25) is 0 Å². The van der Waals surface area contributed by atoms with Gasteiger partial charge in [-0.25, -0.2) is 0 Å². The number of hydrogen-bond donors (Lipinski definition) is 1. The van der Waals surface area contributed by atoms with E-state index in [-0.39, 0.29) is 5.92 Å². The molecule has 1 atom stereocenters. The summed E-state index contributed by atoms with van der Waals surface area (Å²) in [5.41, 5.74) is 0. The van der Waals surface area contributed by atoms with E-state index in [0.717, 1.165) is 37.5 Å². The molecule has 2 heteroatoms. The summed E-state index contributed by atoms with van der Waals surface area (Å²) in [6.45, 7) is 4.62. The fourth-order valence-electron chi connectivity index (χ4n) is 3.18. The minimum atomic E-state index is -0.580. The fraction of sp³-hybridized carbons (Fsp3) is 0.941. The van der Waals surface area contributed by atoms with Crippen LogP contribution in [0.1, 0.15) is 84.5 Å². The number of aliphatic carboxylic acids is 1. The van der Waals surface area contributed by atoms with Gasteiger partial charge in [0.15, 0.2) is 0 Å². The molecule has 0 radical (unpaired) electrons. The Balaban J connectivity index is 1.95. The largest absolute Gasteiger partial charge is 0.481 e. The second kappa shape index (κ2) is 9.39. The van der Waals surface area contributed by atoms with Crippen molar-refractivity contribution in [2.45, 2.75) is 84.5 Å². The number of carbonyl (C=O) groups is 1. The van der Waals surface area contributed by atoms with Gasteiger partial charge in [-0.05, 0) is 37.5 Å². The molecule has 0 saturated heterocycles. The summed E-state index contributed by atoms with van der Waals surface area (Å²) in [5, 5.41) is 8.96. The van der Waals surface area contributed by atoms with Crippen molar-refractivity contribution in [1.82, 2.24) is 0 Å². The molecule has 0 heterocycles. The molecule has 0 bridgehead atoms. The highest BCUT2D eigenvalue weighted by Crippen LogP contribution is 2.32. The highest BCUT2D eigenvalue weighted by molar-refractivity contribution is 5.69. The molecular weight excluding hydrogens is 236 g/mol. The molecule has 1 saturated carbocycles. The van der Waals surface area contributed by atoms with E-state index in [2.05, 4.69) is 13.8 Å². The Kier molecular flexibility index (Phi) is 8.16. The Morgan fingerprint density at radius 2 is 1.74 bits per heavy atom. The second-order valence-corrected chi connectivity index (χ2v) is 6.56. The number of carboxylic acid groups (broad SMARTS) is 1. The molecule has 1 aliphatic carbocycles. The molecule has 1 rings (SSSR count). The van der Waals surface area contributed by atoms with Crippen LogP contribution in [0.3, 0.4) is 0 Å². The average molecular weight is 268 g/mol. The molecule has 0 aromatic carbocycles. The monoisotopic (exact) mass is 268 g/mol. The zero-order valence-electron chi connectivity index (χ0n) is 12.9. The predicted molar refractivity (Wildman–Crippen MR) is 80.2 cm³/mol. The first-order valence-electron chi connectivity index (χ1n) is 8.36. The van der Waals surface area contributed by atoms with Crippen molar-refractivity contribution >= 4 is 5.97 Å². The Morgan fingerprint density at radius 3 is 2.32 bits per heavy atom. The van der Waals surface area contributed by atoms with Crippen molar-refractivity contribution in [3.05, 3.63) is 0 Å². The maximum atomic E-state index is 10.9. The molecule has 1 unspecified atom stereocenters. The van der Waals surface area contributed by atoms with Gasteiger partial charge in [0.2, 0.25) is 0 Å². The van der Waals surface area contributed by atoms with Crippen LogP contribution in [0.5, 0.6) is 0 Å². The number of carboxylic acids is 1. The lowest BCUT2D eigenvalue weighted by molar-refractivity contribution is -0.143. The van der Waals surface area contributed by atoms with Crippen molar-refractivity contribution in [3.63, 3.8) is 0 Å². The van der Waals surface area contributed by atoms with E-state index in [0.29, 0.717) is 0 Å². The van der Waals surface area contributed by atoms with Gasteiger partial charge in [-0.3, -0.25) is 4.79 Å². The van der Waals surface area contributed by atoms with Crippen LogP contribution in [-0.4, -0.2) is 11.1 Å². The third-order valence-electron chi connectivity index (χ3n) is 4.95. The minimum Gasteiger partial charge on any atom is -0.481 e. The fourth-order valence-corrected chi connectivity index (χ4v) is 3.18. The van der Waals surface area contributed by atoms with E-state index in [4.69, 9.17) is 5.11 Å². The first kappa shape index (κ1) is 16.5. The van der Waals surface area contributed by atoms with Gasteiger partial charge in [0, 0.05) is 0 Å². The molecule has 0 amide bonds. The molecule has 2 nitrogen and oxygen atoms in total. The molecular formula is C17H32O2. The van der Waals surface area contributed by atoms with Gasteiger partial charge in [-0.15, -0.1) is 0 Å². The molecule has 1 fully saturated rings. The normalized spacial score (nSPS) is 25.2. The van der Waals surface area contributed by atoms with Crippen LogP contribution in [0.25, 0.3) is 0 Å². The third kappa shape index (κ3) is 6.98. The topological polar surface area (TPSA) is 37.3 Å². The molecule has 0 aromatic heterocycles. The lowest BCUT2D eigenvalue weighted by Crippen LogP contribution is -2.21. The van der Waals surface area contributed by atoms with Gasteiger partial charge >= 0.3 is 5.97 Å². The van der Waals surface area contributed by atoms with Crippen LogP contribution in [0.4, 0.5) is 0 Å². The zero-order chi connectivity index (χ0) is 14.1. The van der Waals surface area contributed by atoms with Crippen LogP contribution >= 0.6 is 0 Å². The first-order valence-corrected chi connectivity index (χ1v) is 8.36. The lowest BCUT2D eigenvalue weighted by Gasteiger charge is -2.25. The van der Waals surface area contributed by atoms with Crippen LogP contribution in [-0.2, 0) is 4.79 Å². The highest BCUT2D eigenvalue weighted by atomic mass is 16.4. The van der Waals surface area contributed by atoms with E-state index in [1.165, 1.54) is 44.9 Å². The van der Waals surface area contributed by atoms with Crippen LogP contribution in [0, 0.1) is 17.8 Å². The third-order valence-corrected chi connectivity index (χ3v) is 4.95. The lowest BCUT2D eigenvalue weighted by atomic mass is 9.80. The SMILES string of the molecule is CCC(C)CCCCCCC1CCC(C(=O)O)CC1. The maximum absolute atomic E-state index is 10.9. The van der Waals surface area contributed by atoms with Gasteiger partial charge in [-0.1, -0.05) is 58.8 Å². The summed E-state index contributed by atoms with van der Waals surface area (Å²) in [6.07, 6.45) is 13.6. The smallest absolute Gasteiger partial charge is 0.306 e. The molecule has 0 aliphatic heterocycles. The predicted octanol–water partition coefficient (Wildman–Crippen LogP) is 5.26. The quantitative estimate of drug-likeness (QED) is 0.579. The summed E-state index contributed by atoms with van der Waals surface area (Å²) >= 11 is 0. The van der Waals surface area contributed by atoms with Gasteiger partial charge in [0.1, 0.15) is 0 Å². The molecule has 0 spiro atoms. The van der Waals surface area contributed by atoms with Gasteiger partial charge in [-0.2, -0.15) is 0 Å². The second-order valence-electron chi connectivity index (χ2n) is 6.56. The van der Waals surface area contributed by atoms with Crippen molar-refractivity contribution in [2.24, 2.45) is 17.8 Å². The van der Waals surface area contributed by atoms with Gasteiger partial charge in [0.25, 0.3) is 0 Å². The van der Waals surface area contributed by atoms with E-state index < -0.39 is 5.97 Å². The van der Waals surface area contributed by atoms with E-state index >= 15 is 0 Å². The standard InChI is InChI=1S/C17H32O2/c1-3-14(2)8-6-4-5-7-9-15-10-12-16(13-11-15)17(18)19/h14-16H,3-13H2,1-2H3,(H,18,19). The molecule has 112 valence electrons. The zero-order valence-corrected chi connectivity index (χ0v) is 12.9. The Labute approximate surface area is 119 Å². The van der Waals surface area contributed by atoms with Crippen LogP contribution < -0.4 is 0 Å². The number of rotatable bonds is 9. The van der Waals surface area contributed by atoms with E-state index in [1.807, 2.05) is 0 Å². The van der Waals surface area contributed by atoms with Crippen molar-refractivity contribution in [1.29, 1.82) is 0 Å². The Morgan fingerprint density at radius 1 is 1.11 bits per heavy atom. The number of unbranched alkanes of at least 4 members (excludes halogenated alkanes) is 3. The Bertz CT molecular complexity index is 242. The average Bonchev–Trinajstić information content (AvgIpc) is 2.42. The molecule has 1 N–H and O–H groups in total.